The Morgan fingerprint density at radius 1 is 0.923 bits per heavy atom. The fourth-order valence-corrected chi connectivity index (χ4v) is 2.66. The van der Waals surface area contributed by atoms with Crippen molar-refractivity contribution in [2.45, 2.75) is 45.4 Å². The van der Waals surface area contributed by atoms with E-state index in [2.05, 4.69) is 6.92 Å². The summed E-state index contributed by atoms with van der Waals surface area (Å²) in [4.78, 5) is 12.1. The Bertz CT molecular complexity index is 687. The Morgan fingerprint density at radius 2 is 1.58 bits per heavy atom. The molecule has 138 valence electrons. The lowest BCUT2D eigenvalue weighted by Gasteiger charge is -2.06. The number of ketones is 1. The number of nitrogen functional groups attached to an aromatic ring is 1. The lowest BCUT2D eigenvalue weighted by atomic mass is 10.1. The second-order valence-corrected chi connectivity index (χ2v) is 6.50. The van der Waals surface area contributed by atoms with Crippen LogP contribution in [0.1, 0.15) is 61.4 Å². The Kier molecular flexibility index (Phi) is 8.47. The molecule has 0 saturated heterocycles. The van der Waals surface area contributed by atoms with Crippen LogP contribution in [-0.2, 0) is 0 Å². The summed E-state index contributed by atoms with van der Waals surface area (Å²) in [7, 11) is 0. The number of rotatable bonds is 11. The smallest absolute Gasteiger partial charge is 0.185 e. The quantitative estimate of drug-likeness (QED) is 0.237. The number of benzene rings is 2. The Balaban J connectivity index is 1.74. The number of hydrogen-bond donors (Lipinski definition) is 1. The zero-order valence-corrected chi connectivity index (χ0v) is 15.6. The number of carbonyl (C=O) groups is 1. The zero-order valence-electron chi connectivity index (χ0n) is 15.6. The highest BCUT2D eigenvalue weighted by molar-refractivity contribution is 6.06. The molecule has 0 spiro atoms. The van der Waals surface area contributed by atoms with E-state index in [4.69, 9.17) is 10.5 Å². The van der Waals surface area contributed by atoms with Crippen molar-refractivity contribution < 1.29 is 9.53 Å². The average Bonchev–Trinajstić information content (AvgIpc) is 2.67. The summed E-state index contributed by atoms with van der Waals surface area (Å²) < 4.78 is 5.77. The van der Waals surface area contributed by atoms with Gasteiger partial charge in [-0.3, -0.25) is 4.79 Å². The molecular formula is C23H29NO2. The van der Waals surface area contributed by atoms with Gasteiger partial charge < -0.3 is 10.5 Å². The zero-order chi connectivity index (χ0) is 18.6. The van der Waals surface area contributed by atoms with E-state index in [1.165, 1.54) is 32.1 Å². The first-order valence-electron chi connectivity index (χ1n) is 9.50. The van der Waals surface area contributed by atoms with E-state index in [9.17, 15) is 4.79 Å². The van der Waals surface area contributed by atoms with Gasteiger partial charge in [-0.1, -0.05) is 57.2 Å². The van der Waals surface area contributed by atoms with Crippen molar-refractivity contribution in [3.05, 3.63) is 65.7 Å². The van der Waals surface area contributed by atoms with Crippen LogP contribution in [0.15, 0.2) is 54.6 Å². The van der Waals surface area contributed by atoms with E-state index in [1.807, 2.05) is 30.3 Å². The minimum atomic E-state index is -0.0339. The highest BCUT2D eigenvalue weighted by atomic mass is 16.5. The predicted molar refractivity (Wildman–Crippen MR) is 110 cm³/mol. The van der Waals surface area contributed by atoms with Crippen LogP contribution in [0.5, 0.6) is 5.75 Å². The topological polar surface area (TPSA) is 52.3 Å². The third-order valence-corrected chi connectivity index (χ3v) is 4.27. The first kappa shape index (κ1) is 19.8. The molecule has 0 aliphatic rings. The van der Waals surface area contributed by atoms with E-state index < -0.39 is 0 Å². The molecule has 0 unspecified atom stereocenters. The molecule has 2 aromatic carbocycles. The largest absolute Gasteiger partial charge is 0.494 e. The second-order valence-electron chi connectivity index (χ2n) is 6.50. The molecule has 0 aromatic heterocycles. The van der Waals surface area contributed by atoms with Crippen molar-refractivity contribution in [2.75, 3.05) is 12.3 Å². The van der Waals surface area contributed by atoms with Gasteiger partial charge in [0, 0.05) is 11.3 Å². The number of allylic oxidation sites excluding steroid dienone is 1. The Morgan fingerprint density at radius 3 is 2.27 bits per heavy atom. The monoisotopic (exact) mass is 351 g/mol. The van der Waals surface area contributed by atoms with Gasteiger partial charge in [-0.25, -0.2) is 0 Å². The van der Waals surface area contributed by atoms with E-state index in [1.54, 1.807) is 30.3 Å². The number of carbonyl (C=O) groups excluding carboxylic acids is 1. The average molecular weight is 351 g/mol. The van der Waals surface area contributed by atoms with Gasteiger partial charge in [0.15, 0.2) is 5.78 Å². The normalized spacial score (nSPS) is 11.0. The van der Waals surface area contributed by atoms with Crippen molar-refractivity contribution in [1.29, 1.82) is 0 Å². The van der Waals surface area contributed by atoms with Crippen LogP contribution in [0, 0.1) is 0 Å². The first-order chi connectivity index (χ1) is 12.7. The van der Waals surface area contributed by atoms with Crippen LogP contribution in [0.25, 0.3) is 6.08 Å². The third-order valence-electron chi connectivity index (χ3n) is 4.27. The number of unbranched alkanes of at least 4 members (excludes halogenated alkanes) is 5. The van der Waals surface area contributed by atoms with Crippen LogP contribution < -0.4 is 10.5 Å². The lowest BCUT2D eigenvalue weighted by Crippen LogP contribution is -1.97. The molecule has 0 bridgehead atoms. The standard InChI is InChI=1S/C23H29NO2/c1-2-3-4-5-6-7-18-26-22-15-8-19(9-16-22)10-17-23(25)20-11-13-21(24)14-12-20/h8-17H,2-7,18,24H2,1H3/b17-10+. The molecule has 3 nitrogen and oxygen atoms in total. The molecule has 0 fully saturated rings. The first-order valence-corrected chi connectivity index (χ1v) is 9.50. The van der Waals surface area contributed by atoms with Crippen LogP contribution in [0.4, 0.5) is 5.69 Å². The highest BCUT2D eigenvalue weighted by Crippen LogP contribution is 2.15. The molecule has 0 heterocycles. The van der Waals surface area contributed by atoms with Gasteiger partial charge in [0.1, 0.15) is 5.75 Å². The molecule has 2 aromatic rings. The summed E-state index contributed by atoms with van der Waals surface area (Å²) in [6, 6.07) is 14.8. The van der Waals surface area contributed by atoms with Crippen LogP contribution >= 0.6 is 0 Å². The number of nitrogens with two attached hydrogens (primary N) is 1. The van der Waals surface area contributed by atoms with Crippen molar-refractivity contribution in [1.82, 2.24) is 0 Å². The molecule has 2 N–H and O–H groups in total. The Labute approximate surface area is 156 Å². The maximum atomic E-state index is 12.1. The van der Waals surface area contributed by atoms with Gasteiger partial charge in [0.05, 0.1) is 6.61 Å². The van der Waals surface area contributed by atoms with Gasteiger partial charge in [0.25, 0.3) is 0 Å². The second kappa shape index (κ2) is 11.1. The maximum Gasteiger partial charge on any atom is 0.185 e. The molecule has 0 radical (unpaired) electrons. The lowest BCUT2D eigenvalue weighted by molar-refractivity contribution is 0.104. The van der Waals surface area contributed by atoms with Crippen molar-refractivity contribution in [3.8, 4) is 5.75 Å². The maximum absolute atomic E-state index is 12.1. The van der Waals surface area contributed by atoms with Crippen molar-refractivity contribution in [3.63, 3.8) is 0 Å². The van der Waals surface area contributed by atoms with Crippen molar-refractivity contribution >= 4 is 17.5 Å². The fraction of sp³-hybridized carbons (Fsp3) is 0.348. The number of ether oxygens (including phenoxy) is 1. The molecule has 0 atom stereocenters. The van der Waals surface area contributed by atoms with Crippen LogP contribution in [-0.4, -0.2) is 12.4 Å². The summed E-state index contributed by atoms with van der Waals surface area (Å²) in [5.41, 5.74) is 7.90. The summed E-state index contributed by atoms with van der Waals surface area (Å²) >= 11 is 0. The third kappa shape index (κ3) is 7.14. The van der Waals surface area contributed by atoms with E-state index in [-0.39, 0.29) is 5.78 Å². The predicted octanol–water partition coefficient (Wildman–Crippen LogP) is 5.90. The number of hydrogen-bond acceptors (Lipinski definition) is 3. The number of anilines is 1. The van der Waals surface area contributed by atoms with Gasteiger partial charge in [0.2, 0.25) is 0 Å². The molecular weight excluding hydrogens is 322 g/mol. The molecule has 0 saturated carbocycles. The Hall–Kier alpha value is -2.55. The minimum Gasteiger partial charge on any atom is -0.494 e. The molecule has 3 heteroatoms. The van der Waals surface area contributed by atoms with Gasteiger partial charge in [-0.2, -0.15) is 0 Å². The summed E-state index contributed by atoms with van der Waals surface area (Å²) in [5.74, 6) is 0.842. The van der Waals surface area contributed by atoms with E-state index >= 15 is 0 Å². The van der Waals surface area contributed by atoms with E-state index in [0.29, 0.717) is 11.3 Å². The molecule has 26 heavy (non-hydrogen) atoms. The van der Waals surface area contributed by atoms with E-state index in [0.717, 1.165) is 24.3 Å². The van der Waals surface area contributed by atoms with Crippen molar-refractivity contribution in [2.24, 2.45) is 0 Å². The fourth-order valence-electron chi connectivity index (χ4n) is 2.66. The van der Waals surface area contributed by atoms with Crippen LogP contribution in [0.2, 0.25) is 0 Å². The highest BCUT2D eigenvalue weighted by Gasteiger charge is 2.01. The summed E-state index contributed by atoms with van der Waals surface area (Å²) in [6.45, 7) is 2.99. The summed E-state index contributed by atoms with van der Waals surface area (Å²) in [6.07, 6.45) is 11.0. The minimum absolute atomic E-state index is 0.0339. The molecule has 0 aliphatic heterocycles. The van der Waals surface area contributed by atoms with Gasteiger partial charge >= 0.3 is 0 Å². The van der Waals surface area contributed by atoms with Gasteiger partial charge in [-0.05, 0) is 54.5 Å². The SMILES string of the molecule is CCCCCCCCOc1ccc(/C=C/C(=O)c2ccc(N)cc2)cc1. The molecule has 0 aliphatic carbocycles. The van der Waals surface area contributed by atoms with Crippen LogP contribution in [0.3, 0.4) is 0 Å². The summed E-state index contributed by atoms with van der Waals surface area (Å²) in [5, 5.41) is 0. The molecule has 0 amide bonds. The van der Waals surface area contributed by atoms with Gasteiger partial charge in [-0.15, -0.1) is 0 Å². The molecule has 2 rings (SSSR count).